The average molecular weight is 227 g/mol. The molecule has 0 fully saturated rings. The molecule has 1 aromatic rings. The summed E-state index contributed by atoms with van der Waals surface area (Å²) in [6, 6.07) is 3.64. The normalized spacial score (nSPS) is 11.6. The third-order valence-electron chi connectivity index (χ3n) is 1.89. The molecule has 0 aliphatic rings. The van der Waals surface area contributed by atoms with Crippen LogP contribution in [0.25, 0.3) is 0 Å². The molecule has 1 atom stereocenters. The Hall–Kier alpha value is -1.71. The number of nitro benzene ring substituents is 1. The van der Waals surface area contributed by atoms with Gasteiger partial charge < -0.3 is 0 Å². The zero-order chi connectivity index (χ0) is 11.4. The van der Waals surface area contributed by atoms with Crippen molar-refractivity contribution in [1.29, 1.82) is 0 Å². The molecule has 78 valence electrons. The second kappa shape index (κ2) is 4.68. The molecule has 0 saturated heterocycles. The fraction of sp³-hybridized carbons (Fsp3) is 0.222. The highest BCUT2D eigenvalue weighted by Crippen LogP contribution is 2.33. The standard InChI is InChI=1S/C9H7ClN2O3/c1-6(11-5-13)9-7(10)3-2-4-8(9)12(14)15/h2-4,6H,1H3. The van der Waals surface area contributed by atoms with Crippen LogP contribution in [0.1, 0.15) is 18.5 Å². The molecule has 0 aliphatic carbocycles. The van der Waals surface area contributed by atoms with Crippen molar-refractivity contribution in [3.63, 3.8) is 0 Å². The van der Waals surface area contributed by atoms with Crippen molar-refractivity contribution in [2.75, 3.05) is 0 Å². The first-order valence-electron chi connectivity index (χ1n) is 4.07. The Bertz CT molecular complexity index is 441. The summed E-state index contributed by atoms with van der Waals surface area (Å²) in [5, 5.41) is 10.9. The van der Waals surface area contributed by atoms with E-state index in [4.69, 9.17) is 11.6 Å². The predicted octanol–water partition coefficient (Wildman–Crippen LogP) is 2.65. The van der Waals surface area contributed by atoms with Gasteiger partial charge in [0.25, 0.3) is 5.69 Å². The molecule has 1 unspecified atom stereocenters. The minimum Gasteiger partial charge on any atom is -0.258 e. The molecule has 0 saturated carbocycles. The maximum atomic E-state index is 10.7. The minimum absolute atomic E-state index is 0.144. The fourth-order valence-electron chi connectivity index (χ4n) is 1.24. The number of nitrogens with zero attached hydrogens (tertiary/aromatic N) is 2. The lowest BCUT2D eigenvalue weighted by Gasteiger charge is -2.07. The van der Waals surface area contributed by atoms with Gasteiger partial charge in [0.2, 0.25) is 6.08 Å². The van der Waals surface area contributed by atoms with Crippen LogP contribution in [0.15, 0.2) is 23.2 Å². The fourth-order valence-corrected chi connectivity index (χ4v) is 1.57. The lowest BCUT2D eigenvalue weighted by atomic mass is 10.1. The van der Waals surface area contributed by atoms with Gasteiger partial charge in [-0.15, -0.1) is 0 Å². The van der Waals surface area contributed by atoms with Crippen molar-refractivity contribution in [1.82, 2.24) is 0 Å². The van der Waals surface area contributed by atoms with E-state index >= 15 is 0 Å². The summed E-state index contributed by atoms with van der Waals surface area (Å²) in [7, 11) is 0. The first-order chi connectivity index (χ1) is 7.07. The van der Waals surface area contributed by atoms with Gasteiger partial charge in [-0.05, 0) is 13.0 Å². The van der Waals surface area contributed by atoms with E-state index in [0.29, 0.717) is 0 Å². The maximum absolute atomic E-state index is 10.7. The molecule has 0 radical (unpaired) electrons. The van der Waals surface area contributed by atoms with Gasteiger partial charge >= 0.3 is 0 Å². The van der Waals surface area contributed by atoms with Crippen molar-refractivity contribution in [3.8, 4) is 0 Å². The Morgan fingerprint density at radius 1 is 1.60 bits per heavy atom. The SMILES string of the molecule is CC(N=C=O)c1c(Cl)cccc1[N+](=O)[O-]. The molecule has 1 aromatic carbocycles. The Balaban J connectivity index is 3.36. The lowest BCUT2D eigenvalue weighted by molar-refractivity contribution is -0.385. The van der Waals surface area contributed by atoms with Crippen molar-refractivity contribution in [2.24, 2.45) is 4.99 Å². The van der Waals surface area contributed by atoms with Gasteiger partial charge in [-0.3, -0.25) is 10.1 Å². The van der Waals surface area contributed by atoms with Gasteiger partial charge in [-0.1, -0.05) is 17.7 Å². The van der Waals surface area contributed by atoms with E-state index in [1.54, 1.807) is 6.92 Å². The molecule has 5 nitrogen and oxygen atoms in total. The van der Waals surface area contributed by atoms with E-state index in [1.165, 1.54) is 24.3 Å². The van der Waals surface area contributed by atoms with Gasteiger partial charge in [-0.25, -0.2) is 4.79 Å². The lowest BCUT2D eigenvalue weighted by Crippen LogP contribution is -1.98. The third kappa shape index (κ3) is 2.40. The van der Waals surface area contributed by atoms with Crippen LogP contribution in [0, 0.1) is 10.1 Å². The summed E-state index contributed by atoms with van der Waals surface area (Å²) in [5.74, 6) is 0. The van der Waals surface area contributed by atoms with E-state index in [2.05, 4.69) is 4.99 Å². The zero-order valence-electron chi connectivity index (χ0n) is 7.81. The molecule has 1 rings (SSSR count). The van der Waals surface area contributed by atoms with Gasteiger partial charge in [-0.2, -0.15) is 4.99 Å². The largest absolute Gasteiger partial charge is 0.276 e. The Morgan fingerprint density at radius 3 is 2.80 bits per heavy atom. The highest BCUT2D eigenvalue weighted by Gasteiger charge is 2.21. The van der Waals surface area contributed by atoms with Crippen LogP contribution in [0.5, 0.6) is 0 Å². The minimum atomic E-state index is -0.670. The molecule has 0 spiro atoms. The molecule has 0 aromatic heterocycles. The van der Waals surface area contributed by atoms with Gasteiger partial charge in [0.05, 0.1) is 21.6 Å². The van der Waals surface area contributed by atoms with Crippen LogP contribution in [-0.4, -0.2) is 11.0 Å². The monoisotopic (exact) mass is 226 g/mol. The second-order valence-electron chi connectivity index (χ2n) is 2.83. The summed E-state index contributed by atoms with van der Waals surface area (Å²) in [6.07, 6.45) is 1.35. The Labute approximate surface area is 90.5 Å². The highest BCUT2D eigenvalue weighted by molar-refractivity contribution is 6.31. The first kappa shape index (κ1) is 11.4. The molecule has 6 heteroatoms. The molecular weight excluding hydrogens is 220 g/mol. The predicted molar refractivity (Wildman–Crippen MR) is 54.6 cm³/mol. The third-order valence-corrected chi connectivity index (χ3v) is 2.22. The quantitative estimate of drug-likeness (QED) is 0.344. The van der Waals surface area contributed by atoms with Crippen LogP contribution in [0.2, 0.25) is 5.02 Å². The summed E-state index contributed by atoms with van der Waals surface area (Å²) < 4.78 is 0. The zero-order valence-corrected chi connectivity index (χ0v) is 8.56. The number of hydrogen-bond donors (Lipinski definition) is 0. The molecule has 0 aliphatic heterocycles. The number of isocyanates is 1. The number of halogens is 1. The van der Waals surface area contributed by atoms with Crippen LogP contribution in [0.3, 0.4) is 0 Å². The summed E-state index contributed by atoms with van der Waals surface area (Å²) in [4.78, 5) is 23.6. The molecule has 0 N–H and O–H groups in total. The number of aliphatic imine (C=N–C) groups is 1. The van der Waals surface area contributed by atoms with Crippen molar-refractivity contribution >= 4 is 23.4 Å². The van der Waals surface area contributed by atoms with Gasteiger partial charge in [0.15, 0.2) is 0 Å². The van der Waals surface area contributed by atoms with Crippen molar-refractivity contribution in [2.45, 2.75) is 13.0 Å². The smallest absolute Gasteiger partial charge is 0.258 e. The van der Waals surface area contributed by atoms with Crippen molar-refractivity contribution in [3.05, 3.63) is 38.9 Å². The molecular formula is C9H7ClN2O3. The molecule has 0 heterocycles. The van der Waals surface area contributed by atoms with Crippen LogP contribution >= 0.6 is 11.6 Å². The summed E-state index contributed by atoms with van der Waals surface area (Å²) >= 11 is 5.81. The number of carbonyl (C=O) groups excluding carboxylic acids is 1. The van der Waals surface area contributed by atoms with E-state index < -0.39 is 11.0 Å². The molecule has 15 heavy (non-hydrogen) atoms. The average Bonchev–Trinajstić information content (AvgIpc) is 2.17. The summed E-state index contributed by atoms with van der Waals surface area (Å²) in [5.41, 5.74) is 0.0847. The molecule has 0 bridgehead atoms. The van der Waals surface area contributed by atoms with E-state index in [0.717, 1.165) is 0 Å². The van der Waals surface area contributed by atoms with Gasteiger partial charge in [0, 0.05) is 6.07 Å². The molecule has 0 amide bonds. The number of benzene rings is 1. The Morgan fingerprint density at radius 2 is 2.27 bits per heavy atom. The van der Waals surface area contributed by atoms with E-state index in [1.807, 2.05) is 0 Å². The number of rotatable bonds is 3. The van der Waals surface area contributed by atoms with E-state index in [-0.39, 0.29) is 16.3 Å². The van der Waals surface area contributed by atoms with Crippen LogP contribution < -0.4 is 0 Å². The highest BCUT2D eigenvalue weighted by atomic mass is 35.5. The Kier molecular flexibility index (Phi) is 3.55. The van der Waals surface area contributed by atoms with Crippen LogP contribution in [-0.2, 0) is 4.79 Å². The van der Waals surface area contributed by atoms with Gasteiger partial charge in [0.1, 0.15) is 0 Å². The summed E-state index contributed by atoms with van der Waals surface area (Å²) in [6.45, 7) is 1.54. The maximum Gasteiger partial charge on any atom is 0.276 e. The second-order valence-corrected chi connectivity index (χ2v) is 3.23. The van der Waals surface area contributed by atoms with E-state index in [9.17, 15) is 14.9 Å². The van der Waals surface area contributed by atoms with Crippen LogP contribution in [0.4, 0.5) is 5.69 Å². The first-order valence-corrected chi connectivity index (χ1v) is 4.45. The number of hydrogen-bond acceptors (Lipinski definition) is 4. The topological polar surface area (TPSA) is 72.6 Å². The van der Waals surface area contributed by atoms with Crippen molar-refractivity contribution < 1.29 is 9.72 Å². The number of nitro groups is 1.